The molecule has 0 aliphatic carbocycles. The van der Waals surface area contributed by atoms with Gasteiger partial charge in [0, 0.05) is 19.6 Å². The van der Waals surface area contributed by atoms with E-state index in [0.717, 1.165) is 4.31 Å². The van der Waals surface area contributed by atoms with Gasteiger partial charge in [-0.1, -0.05) is 0 Å². The first kappa shape index (κ1) is 14.0. The summed E-state index contributed by atoms with van der Waals surface area (Å²) in [5, 5.41) is 9.49. The number of nitrogens with two attached hydrogens (primary N) is 1. The fraction of sp³-hybridized carbons (Fsp3) is 0.600. The number of carbonyl (C=O) groups is 1. The standard InChI is InChI=1S/C10H17N5O3S/c1-6-9(7(2)14-13-6)19(17,18)15-4-3-12-5-8(15)10(11)16/h8,12H,3-5H2,1-2H3,(H2,11,16)(H,13,14). The Hall–Kier alpha value is -1.45. The van der Waals surface area contributed by atoms with Gasteiger partial charge < -0.3 is 11.1 Å². The molecule has 1 fully saturated rings. The fourth-order valence-electron chi connectivity index (χ4n) is 2.25. The van der Waals surface area contributed by atoms with E-state index in [4.69, 9.17) is 5.73 Å². The third kappa shape index (κ3) is 2.36. The molecule has 1 unspecified atom stereocenters. The van der Waals surface area contributed by atoms with Crippen LogP contribution in [0.5, 0.6) is 0 Å². The van der Waals surface area contributed by atoms with Gasteiger partial charge in [-0.05, 0) is 13.8 Å². The van der Waals surface area contributed by atoms with E-state index in [1.807, 2.05) is 0 Å². The Bertz CT molecular complexity index is 575. The zero-order chi connectivity index (χ0) is 14.2. The van der Waals surface area contributed by atoms with E-state index >= 15 is 0 Å². The smallest absolute Gasteiger partial charge is 0.247 e. The van der Waals surface area contributed by atoms with E-state index < -0.39 is 22.0 Å². The van der Waals surface area contributed by atoms with Crippen LogP contribution in [0.2, 0.25) is 0 Å². The van der Waals surface area contributed by atoms with Gasteiger partial charge in [0.1, 0.15) is 10.9 Å². The van der Waals surface area contributed by atoms with Gasteiger partial charge >= 0.3 is 0 Å². The Labute approximate surface area is 111 Å². The number of aromatic amines is 1. The molecule has 4 N–H and O–H groups in total. The molecule has 2 rings (SSSR count). The van der Waals surface area contributed by atoms with Crippen LogP contribution in [0, 0.1) is 13.8 Å². The Morgan fingerprint density at radius 1 is 1.47 bits per heavy atom. The van der Waals surface area contributed by atoms with Gasteiger partial charge in [-0.15, -0.1) is 0 Å². The Kier molecular flexibility index (Phi) is 3.61. The molecule has 1 aromatic rings. The highest BCUT2D eigenvalue weighted by Crippen LogP contribution is 2.23. The Morgan fingerprint density at radius 2 is 2.16 bits per heavy atom. The van der Waals surface area contributed by atoms with Crippen molar-refractivity contribution in [2.75, 3.05) is 19.6 Å². The van der Waals surface area contributed by atoms with E-state index in [9.17, 15) is 13.2 Å². The number of aromatic nitrogens is 2. The highest BCUT2D eigenvalue weighted by Gasteiger charge is 2.38. The van der Waals surface area contributed by atoms with Crippen molar-refractivity contribution >= 4 is 15.9 Å². The molecule has 1 aromatic heterocycles. The van der Waals surface area contributed by atoms with Gasteiger partial charge in [0.15, 0.2) is 0 Å². The first-order chi connectivity index (χ1) is 8.85. The van der Waals surface area contributed by atoms with Crippen LogP contribution in [0.4, 0.5) is 0 Å². The topological polar surface area (TPSA) is 121 Å². The molecule has 0 bridgehead atoms. The van der Waals surface area contributed by atoms with Crippen LogP contribution in [0.15, 0.2) is 4.90 Å². The maximum Gasteiger partial charge on any atom is 0.247 e. The monoisotopic (exact) mass is 287 g/mol. The summed E-state index contributed by atoms with van der Waals surface area (Å²) in [6.07, 6.45) is 0. The molecular formula is C10H17N5O3S. The first-order valence-electron chi connectivity index (χ1n) is 5.89. The van der Waals surface area contributed by atoms with Crippen molar-refractivity contribution in [3.8, 4) is 0 Å². The average molecular weight is 287 g/mol. The zero-order valence-electron chi connectivity index (χ0n) is 10.8. The second kappa shape index (κ2) is 4.91. The molecule has 106 valence electrons. The minimum atomic E-state index is -3.78. The summed E-state index contributed by atoms with van der Waals surface area (Å²) < 4.78 is 26.4. The largest absolute Gasteiger partial charge is 0.368 e. The van der Waals surface area contributed by atoms with Crippen molar-refractivity contribution in [1.29, 1.82) is 0 Å². The van der Waals surface area contributed by atoms with E-state index in [0.29, 0.717) is 17.9 Å². The molecule has 1 aliphatic rings. The average Bonchev–Trinajstić information content (AvgIpc) is 2.69. The summed E-state index contributed by atoms with van der Waals surface area (Å²) in [5.41, 5.74) is 6.12. The summed E-state index contributed by atoms with van der Waals surface area (Å²) in [6.45, 7) is 4.16. The van der Waals surface area contributed by atoms with Crippen LogP contribution in [0.3, 0.4) is 0 Å². The molecule has 1 saturated heterocycles. The number of rotatable bonds is 3. The molecule has 1 aliphatic heterocycles. The maximum atomic E-state index is 12.6. The quantitative estimate of drug-likeness (QED) is 0.623. The van der Waals surface area contributed by atoms with Crippen LogP contribution in [0.1, 0.15) is 11.4 Å². The van der Waals surface area contributed by atoms with Gasteiger partial charge in [-0.3, -0.25) is 9.89 Å². The number of H-pyrrole nitrogens is 1. The molecule has 0 spiro atoms. The van der Waals surface area contributed by atoms with Gasteiger partial charge in [0.2, 0.25) is 15.9 Å². The summed E-state index contributed by atoms with van der Waals surface area (Å²) >= 11 is 0. The van der Waals surface area contributed by atoms with Crippen LogP contribution in [-0.4, -0.2) is 54.5 Å². The van der Waals surface area contributed by atoms with Crippen molar-refractivity contribution in [1.82, 2.24) is 19.8 Å². The SMILES string of the molecule is Cc1n[nH]c(C)c1S(=O)(=O)N1CCNCC1C(N)=O. The van der Waals surface area contributed by atoms with Gasteiger partial charge in [0.05, 0.1) is 11.4 Å². The molecular weight excluding hydrogens is 270 g/mol. The Balaban J connectivity index is 2.46. The number of primary amides is 1. The van der Waals surface area contributed by atoms with Crippen molar-refractivity contribution < 1.29 is 13.2 Å². The van der Waals surface area contributed by atoms with Crippen LogP contribution >= 0.6 is 0 Å². The molecule has 19 heavy (non-hydrogen) atoms. The van der Waals surface area contributed by atoms with Gasteiger partial charge in [-0.25, -0.2) is 8.42 Å². The first-order valence-corrected chi connectivity index (χ1v) is 7.33. The number of sulfonamides is 1. The lowest BCUT2D eigenvalue weighted by Crippen LogP contribution is -2.58. The highest BCUT2D eigenvalue weighted by molar-refractivity contribution is 7.89. The van der Waals surface area contributed by atoms with Crippen molar-refractivity contribution in [3.63, 3.8) is 0 Å². The van der Waals surface area contributed by atoms with Crippen molar-refractivity contribution in [3.05, 3.63) is 11.4 Å². The number of hydrogen-bond donors (Lipinski definition) is 3. The van der Waals surface area contributed by atoms with E-state index in [1.165, 1.54) is 0 Å². The summed E-state index contributed by atoms with van der Waals surface area (Å²) in [6, 6.07) is -0.868. The number of hydrogen-bond acceptors (Lipinski definition) is 5. The number of carbonyl (C=O) groups excluding carboxylic acids is 1. The lowest BCUT2D eigenvalue weighted by molar-refractivity contribution is -0.122. The molecule has 8 nitrogen and oxygen atoms in total. The van der Waals surface area contributed by atoms with Crippen LogP contribution < -0.4 is 11.1 Å². The molecule has 1 amide bonds. The van der Waals surface area contributed by atoms with Crippen molar-refractivity contribution in [2.24, 2.45) is 5.73 Å². The number of amides is 1. The summed E-state index contributed by atoms with van der Waals surface area (Å²) in [4.78, 5) is 11.5. The van der Waals surface area contributed by atoms with E-state index in [2.05, 4.69) is 15.5 Å². The summed E-state index contributed by atoms with van der Waals surface area (Å²) in [7, 11) is -3.78. The second-order valence-electron chi connectivity index (χ2n) is 4.50. The van der Waals surface area contributed by atoms with E-state index in [-0.39, 0.29) is 18.0 Å². The number of aryl methyl sites for hydroxylation is 2. The normalized spacial score (nSPS) is 21.5. The number of piperazine rings is 1. The molecule has 9 heteroatoms. The molecule has 0 aromatic carbocycles. The second-order valence-corrected chi connectivity index (χ2v) is 6.33. The maximum absolute atomic E-state index is 12.6. The third-order valence-electron chi connectivity index (χ3n) is 3.15. The lowest BCUT2D eigenvalue weighted by atomic mass is 10.2. The number of nitrogens with one attached hydrogen (secondary N) is 2. The minimum Gasteiger partial charge on any atom is -0.368 e. The highest BCUT2D eigenvalue weighted by atomic mass is 32.2. The Morgan fingerprint density at radius 3 is 2.68 bits per heavy atom. The van der Waals surface area contributed by atoms with Crippen molar-refractivity contribution in [2.45, 2.75) is 24.8 Å². The predicted octanol–water partition coefficient (Wildman–Crippen LogP) is -1.53. The van der Waals surface area contributed by atoms with Gasteiger partial charge in [0.25, 0.3) is 0 Å². The van der Waals surface area contributed by atoms with Crippen LogP contribution in [0.25, 0.3) is 0 Å². The molecule has 2 heterocycles. The number of nitrogens with zero attached hydrogens (tertiary/aromatic N) is 2. The zero-order valence-corrected chi connectivity index (χ0v) is 11.6. The fourth-order valence-corrected chi connectivity index (χ4v) is 4.19. The van der Waals surface area contributed by atoms with Gasteiger partial charge in [-0.2, -0.15) is 9.40 Å². The predicted molar refractivity (Wildman–Crippen MR) is 67.8 cm³/mol. The van der Waals surface area contributed by atoms with E-state index in [1.54, 1.807) is 13.8 Å². The molecule has 0 saturated carbocycles. The summed E-state index contributed by atoms with van der Waals surface area (Å²) in [5.74, 6) is -0.658. The van der Waals surface area contributed by atoms with Crippen LogP contribution in [-0.2, 0) is 14.8 Å². The molecule has 1 atom stereocenters. The third-order valence-corrected chi connectivity index (χ3v) is 5.32. The minimum absolute atomic E-state index is 0.126. The molecule has 0 radical (unpaired) electrons. The lowest BCUT2D eigenvalue weighted by Gasteiger charge is -2.33.